The van der Waals surface area contributed by atoms with E-state index in [0.29, 0.717) is 26.1 Å². The summed E-state index contributed by atoms with van der Waals surface area (Å²) >= 11 is 0. The fourth-order valence-corrected chi connectivity index (χ4v) is 2.51. The molecular weight excluding hydrogens is 300 g/mol. The van der Waals surface area contributed by atoms with Gasteiger partial charge in [0.1, 0.15) is 0 Å². The molecule has 2 aromatic carbocycles. The summed E-state index contributed by atoms with van der Waals surface area (Å²) in [5, 5.41) is 2.88. The Labute approximate surface area is 143 Å². The van der Waals surface area contributed by atoms with E-state index in [-0.39, 0.29) is 11.8 Å². The van der Waals surface area contributed by atoms with Crippen LogP contribution in [-0.4, -0.2) is 29.8 Å². The molecular formula is C20H24N2O2. The van der Waals surface area contributed by atoms with Gasteiger partial charge in [0, 0.05) is 26.6 Å². The third-order valence-corrected chi connectivity index (χ3v) is 3.98. The fraction of sp³-hybridized carbons (Fsp3) is 0.300. The topological polar surface area (TPSA) is 49.4 Å². The van der Waals surface area contributed by atoms with Crippen molar-refractivity contribution < 1.29 is 9.59 Å². The Morgan fingerprint density at radius 2 is 1.67 bits per heavy atom. The van der Waals surface area contributed by atoms with Crippen LogP contribution in [-0.2, 0) is 22.6 Å². The van der Waals surface area contributed by atoms with Crippen molar-refractivity contribution in [2.24, 2.45) is 0 Å². The highest BCUT2D eigenvalue weighted by Gasteiger charge is 2.11. The van der Waals surface area contributed by atoms with Crippen LogP contribution in [0.4, 0.5) is 0 Å². The van der Waals surface area contributed by atoms with Crippen LogP contribution < -0.4 is 5.32 Å². The number of benzene rings is 2. The van der Waals surface area contributed by atoms with Crippen LogP contribution in [0.1, 0.15) is 23.6 Å². The van der Waals surface area contributed by atoms with Gasteiger partial charge in [-0.15, -0.1) is 0 Å². The number of nitrogens with one attached hydrogen (secondary N) is 1. The zero-order valence-electron chi connectivity index (χ0n) is 14.3. The van der Waals surface area contributed by atoms with Crippen molar-refractivity contribution in [2.75, 3.05) is 13.1 Å². The molecule has 0 aromatic heterocycles. The molecule has 0 saturated carbocycles. The molecule has 0 spiro atoms. The maximum atomic E-state index is 12.0. The molecule has 0 saturated heterocycles. The normalized spacial score (nSPS) is 10.2. The van der Waals surface area contributed by atoms with Crippen molar-refractivity contribution in [3.05, 3.63) is 71.3 Å². The van der Waals surface area contributed by atoms with Gasteiger partial charge in [-0.25, -0.2) is 0 Å². The summed E-state index contributed by atoms with van der Waals surface area (Å²) in [4.78, 5) is 25.6. The number of nitrogens with zero attached hydrogens (tertiary/aromatic N) is 1. The maximum Gasteiger partial charge on any atom is 0.224 e. The van der Waals surface area contributed by atoms with Crippen LogP contribution in [0.25, 0.3) is 0 Å². The molecule has 0 aliphatic carbocycles. The van der Waals surface area contributed by atoms with Gasteiger partial charge < -0.3 is 10.2 Å². The number of hydrogen-bond donors (Lipinski definition) is 1. The maximum absolute atomic E-state index is 12.0. The average Bonchev–Trinajstić information content (AvgIpc) is 2.56. The van der Waals surface area contributed by atoms with Crippen molar-refractivity contribution in [1.82, 2.24) is 10.2 Å². The Bertz CT molecular complexity index is 683. The number of hydrogen-bond acceptors (Lipinski definition) is 2. The van der Waals surface area contributed by atoms with Crippen molar-refractivity contribution in [3.63, 3.8) is 0 Å². The third kappa shape index (κ3) is 5.54. The molecule has 0 unspecified atom stereocenters. The highest BCUT2D eigenvalue weighted by atomic mass is 16.2. The second-order valence-corrected chi connectivity index (χ2v) is 5.88. The Kier molecular flexibility index (Phi) is 6.55. The number of aryl methyl sites for hydroxylation is 1. The van der Waals surface area contributed by atoms with E-state index < -0.39 is 0 Å². The second-order valence-electron chi connectivity index (χ2n) is 5.88. The molecule has 2 aromatic rings. The number of amides is 2. The summed E-state index contributed by atoms with van der Waals surface area (Å²) in [5.74, 6) is -0.0174. The number of rotatable bonds is 7. The third-order valence-electron chi connectivity index (χ3n) is 3.98. The molecule has 0 heterocycles. The molecule has 0 fully saturated rings. The minimum absolute atomic E-state index is 0.00978. The molecule has 0 atom stereocenters. The van der Waals surface area contributed by atoms with Gasteiger partial charge in [-0.1, -0.05) is 54.6 Å². The van der Waals surface area contributed by atoms with E-state index in [0.717, 1.165) is 16.7 Å². The summed E-state index contributed by atoms with van der Waals surface area (Å²) in [5.41, 5.74) is 3.28. The minimum atomic E-state index is -0.0272. The van der Waals surface area contributed by atoms with Crippen molar-refractivity contribution in [3.8, 4) is 0 Å². The Balaban J connectivity index is 1.82. The lowest BCUT2D eigenvalue weighted by atomic mass is 10.1. The van der Waals surface area contributed by atoms with Gasteiger partial charge in [-0.2, -0.15) is 0 Å². The molecule has 24 heavy (non-hydrogen) atoms. The van der Waals surface area contributed by atoms with Gasteiger partial charge >= 0.3 is 0 Å². The van der Waals surface area contributed by atoms with Crippen LogP contribution in [0.2, 0.25) is 0 Å². The van der Waals surface area contributed by atoms with Crippen molar-refractivity contribution >= 4 is 11.8 Å². The first kappa shape index (κ1) is 17.7. The zero-order chi connectivity index (χ0) is 17.4. The lowest BCUT2D eigenvalue weighted by Gasteiger charge is -2.22. The summed E-state index contributed by atoms with van der Waals surface area (Å²) in [6.07, 6.45) is 0.360. The quantitative estimate of drug-likeness (QED) is 0.851. The predicted molar refractivity (Wildman–Crippen MR) is 95.4 cm³/mol. The van der Waals surface area contributed by atoms with Gasteiger partial charge in [-0.3, -0.25) is 9.59 Å². The van der Waals surface area contributed by atoms with Gasteiger partial charge in [0.25, 0.3) is 0 Å². The van der Waals surface area contributed by atoms with E-state index in [1.165, 1.54) is 0 Å². The summed E-state index contributed by atoms with van der Waals surface area (Å²) in [7, 11) is 0. The standard InChI is InChI=1S/C20H24N2O2/c1-16-8-6-7-11-19(16)15-22(17(2)23)13-12-21-20(24)14-18-9-4-3-5-10-18/h3-11H,12-15H2,1-2H3,(H,21,24). The summed E-state index contributed by atoms with van der Waals surface area (Å²) in [6.45, 7) is 5.12. The smallest absolute Gasteiger partial charge is 0.224 e. The SMILES string of the molecule is CC(=O)N(CCNC(=O)Cc1ccccc1)Cc1ccccc1C. The Hall–Kier alpha value is -2.62. The van der Waals surface area contributed by atoms with Crippen LogP contribution in [0.15, 0.2) is 54.6 Å². The highest BCUT2D eigenvalue weighted by Crippen LogP contribution is 2.10. The first-order chi connectivity index (χ1) is 11.6. The van der Waals surface area contributed by atoms with Gasteiger partial charge in [0.2, 0.25) is 11.8 Å². The molecule has 4 heteroatoms. The average molecular weight is 324 g/mol. The number of carbonyl (C=O) groups is 2. The molecule has 0 bridgehead atoms. The molecule has 0 aliphatic rings. The van der Waals surface area contributed by atoms with Crippen LogP contribution in [0, 0.1) is 6.92 Å². The lowest BCUT2D eigenvalue weighted by Crippen LogP contribution is -2.37. The van der Waals surface area contributed by atoms with E-state index in [4.69, 9.17) is 0 Å². The van der Waals surface area contributed by atoms with Crippen molar-refractivity contribution in [2.45, 2.75) is 26.8 Å². The minimum Gasteiger partial charge on any atom is -0.354 e. The summed E-state index contributed by atoms with van der Waals surface area (Å²) < 4.78 is 0. The molecule has 126 valence electrons. The summed E-state index contributed by atoms with van der Waals surface area (Å²) in [6, 6.07) is 17.7. The lowest BCUT2D eigenvalue weighted by molar-refractivity contribution is -0.130. The van der Waals surface area contributed by atoms with Crippen LogP contribution >= 0.6 is 0 Å². The van der Waals surface area contributed by atoms with Gasteiger partial charge in [-0.05, 0) is 23.6 Å². The van der Waals surface area contributed by atoms with Crippen LogP contribution in [0.3, 0.4) is 0 Å². The first-order valence-electron chi connectivity index (χ1n) is 8.17. The second kappa shape index (κ2) is 8.87. The van der Waals surface area contributed by atoms with Gasteiger partial charge in [0.15, 0.2) is 0 Å². The number of carbonyl (C=O) groups excluding carboxylic acids is 2. The molecule has 0 aliphatic heterocycles. The van der Waals surface area contributed by atoms with E-state index in [1.54, 1.807) is 11.8 Å². The van der Waals surface area contributed by atoms with E-state index >= 15 is 0 Å². The van der Waals surface area contributed by atoms with E-state index in [2.05, 4.69) is 5.32 Å². The van der Waals surface area contributed by atoms with Crippen molar-refractivity contribution in [1.29, 1.82) is 0 Å². The monoisotopic (exact) mass is 324 g/mol. The fourth-order valence-electron chi connectivity index (χ4n) is 2.51. The molecule has 2 amide bonds. The van der Waals surface area contributed by atoms with Crippen LogP contribution in [0.5, 0.6) is 0 Å². The molecule has 4 nitrogen and oxygen atoms in total. The van der Waals surface area contributed by atoms with Gasteiger partial charge in [0.05, 0.1) is 6.42 Å². The molecule has 2 rings (SSSR count). The van der Waals surface area contributed by atoms with E-state index in [9.17, 15) is 9.59 Å². The van der Waals surface area contributed by atoms with E-state index in [1.807, 2.05) is 61.5 Å². The Morgan fingerprint density at radius 3 is 2.33 bits per heavy atom. The highest BCUT2D eigenvalue weighted by molar-refractivity contribution is 5.78. The Morgan fingerprint density at radius 1 is 1.00 bits per heavy atom. The predicted octanol–water partition coefficient (Wildman–Crippen LogP) is 2.70. The molecule has 0 radical (unpaired) electrons. The molecule has 1 N–H and O–H groups in total. The largest absolute Gasteiger partial charge is 0.354 e. The first-order valence-corrected chi connectivity index (χ1v) is 8.17. The zero-order valence-corrected chi connectivity index (χ0v) is 14.3.